The molecule has 1 atom stereocenters. The maximum Gasteiger partial charge on any atom is 0.0454 e. The summed E-state index contributed by atoms with van der Waals surface area (Å²) in [5, 5.41) is 1.97. The van der Waals surface area contributed by atoms with Crippen LogP contribution in [0.2, 0.25) is 0 Å². The highest BCUT2D eigenvalue weighted by Crippen LogP contribution is 2.33. The Hall–Kier alpha value is -0.340. The summed E-state index contributed by atoms with van der Waals surface area (Å²) in [6, 6.07) is 0.407. The van der Waals surface area contributed by atoms with Crippen molar-refractivity contribution in [1.29, 1.82) is 0 Å². The van der Waals surface area contributed by atoms with E-state index in [-0.39, 0.29) is 5.54 Å². The molecule has 2 heteroatoms. The molecule has 0 bridgehead atoms. The summed E-state index contributed by atoms with van der Waals surface area (Å²) in [5.74, 6) is 6.01. The first-order chi connectivity index (χ1) is 5.49. The largest absolute Gasteiger partial charge is 0.268 e. The third-order valence-corrected chi connectivity index (χ3v) is 2.99. The Morgan fingerprint density at radius 3 is 2.58 bits per heavy atom. The second-order valence-electron chi connectivity index (χ2n) is 4.29. The van der Waals surface area contributed by atoms with E-state index in [2.05, 4.69) is 27.4 Å². The molecular formula is C10H20N2. The van der Waals surface area contributed by atoms with E-state index in [1.165, 1.54) is 12.0 Å². The van der Waals surface area contributed by atoms with Gasteiger partial charge in [0.15, 0.2) is 0 Å². The summed E-state index contributed by atoms with van der Waals surface area (Å²) < 4.78 is 0. The number of rotatable bonds is 2. The van der Waals surface area contributed by atoms with Crippen LogP contribution in [0.4, 0.5) is 0 Å². The van der Waals surface area contributed by atoms with Crippen LogP contribution in [0.5, 0.6) is 0 Å². The fourth-order valence-corrected chi connectivity index (χ4v) is 1.82. The molecule has 1 fully saturated rings. The Morgan fingerprint density at radius 1 is 1.67 bits per heavy atom. The average molecular weight is 168 g/mol. The molecule has 1 unspecified atom stereocenters. The van der Waals surface area contributed by atoms with Crippen molar-refractivity contribution in [2.75, 3.05) is 0 Å². The van der Waals surface area contributed by atoms with Gasteiger partial charge >= 0.3 is 0 Å². The minimum Gasteiger partial charge on any atom is -0.268 e. The molecule has 2 N–H and O–H groups in total. The molecule has 70 valence electrons. The monoisotopic (exact) mass is 168 g/mol. The van der Waals surface area contributed by atoms with E-state index < -0.39 is 0 Å². The highest BCUT2D eigenvalue weighted by Gasteiger charge is 2.37. The fourth-order valence-electron chi connectivity index (χ4n) is 1.82. The lowest BCUT2D eigenvalue weighted by atomic mass is 10.0. The van der Waals surface area contributed by atoms with Crippen LogP contribution in [-0.2, 0) is 0 Å². The zero-order valence-corrected chi connectivity index (χ0v) is 8.43. The lowest BCUT2D eigenvalue weighted by Gasteiger charge is -2.31. The van der Waals surface area contributed by atoms with Gasteiger partial charge in [0, 0.05) is 11.6 Å². The number of hydrogen-bond donors (Lipinski definition) is 1. The summed E-state index contributed by atoms with van der Waals surface area (Å²) in [6.07, 6.45) is 3.37. The first-order valence-corrected chi connectivity index (χ1v) is 4.70. The van der Waals surface area contributed by atoms with Gasteiger partial charge in [0.25, 0.3) is 0 Å². The lowest BCUT2D eigenvalue weighted by Crippen LogP contribution is -2.48. The van der Waals surface area contributed by atoms with E-state index in [9.17, 15) is 0 Å². The summed E-state index contributed by atoms with van der Waals surface area (Å²) in [5.41, 5.74) is 1.42. The molecule has 0 aromatic carbocycles. The summed E-state index contributed by atoms with van der Waals surface area (Å²) >= 11 is 0. The van der Waals surface area contributed by atoms with Crippen LogP contribution in [0.25, 0.3) is 0 Å². The standard InChI is InChI=1S/C10H20N2/c1-5-8(2)9-6-7-10(3,4)12(9)11/h9H,2,5-7,11H2,1,3-4H3. The van der Waals surface area contributed by atoms with Crippen molar-refractivity contribution in [3.63, 3.8) is 0 Å². The van der Waals surface area contributed by atoms with Gasteiger partial charge in [-0.2, -0.15) is 0 Å². The molecule has 1 aliphatic rings. The van der Waals surface area contributed by atoms with Gasteiger partial charge in [-0.15, -0.1) is 0 Å². The maximum absolute atomic E-state index is 6.01. The van der Waals surface area contributed by atoms with Gasteiger partial charge in [0.05, 0.1) is 0 Å². The van der Waals surface area contributed by atoms with Gasteiger partial charge in [0.2, 0.25) is 0 Å². The number of nitrogens with zero attached hydrogens (tertiary/aromatic N) is 1. The zero-order valence-electron chi connectivity index (χ0n) is 8.43. The van der Waals surface area contributed by atoms with Crippen molar-refractivity contribution in [2.24, 2.45) is 5.84 Å². The molecule has 12 heavy (non-hydrogen) atoms. The van der Waals surface area contributed by atoms with E-state index in [0.29, 0.717) is 6.04 Å². The first-order valence-electron chi connectivity index (χ1n) is 4.70. The molecule has 1 rings (SSSR count). The Labute approximate surface area is 75.4 Å². The van der Waals surface area contributed by atoms with Crippen molar-refractivity contribution in [1.82, 2.24) is 5.01 Å². The number of nitrogens with two attached hydrogens (primary N) is 1. The van der Waals surface area contributed by atoms with Gasteiger partial charge in [-0.3, -0.25) is 5.84 Å². The van der Waals surface area contributed by atoms with Gasteiger partial charge in [-0.1, -0.05) is 19.1 Å². The topological polar surface area (TPSA) is 29.3 Å². The molecule has 0 amide bonds. The molecule has 1 saturated heterocycles. The summed E-state index contributed by atoms with van der Waals surface area (Å²) in [4.78, 5) is 0. The van der Waals surface area contributed by atoms with Gasteiger partial charge < -0.3 is 0 Å². The van der Waals surface area contributed by atoms with E-state index in [1.807, 2.05) is 5.01 Å². The van der Waals surface area contributed by atoms with Gasteiger partial charge in [0.1, 0.15) is 0 Å². The highest BCUT2D eigenvalue weighted by molar-refractivity contribution is 5.10. The molecule has 0 aromatic rings. The lowest BCUT2D eigenvalue weighted by molar-refractivity contribution is 0.145. The van der Waals surface area contributed by atoms with Crippen LogP contribution >= 0.6 is 0 Å². The van der Waals surface area contributed by atoms with Crippen LogP contribution in [0.15, 0.2) is 12.2 Å². The molecule has 0 aromatic heterocycles. The molecule has 1 heterocycles. The number of hydrazine groups is 1. The number of hydrogen-bond acceptors (Lipinski definition) is 2. The summed E-state index contributed by atoms with van der Waals surface area (Å²) in [7, 11) is 0. The Morgan fingerprint density at radius 2 is 2.25 bits per heavy atom. The van der Waals surface area contributed by atoms with Crippen molar-refractivity contribution in [3.8, 4) is 0 Å². The van der Waals surface area contributed by atoms with E-state index >= 15 is 0 Å². The second-order valence-corrected chi connectivity index (χ2v) is 4.29. The Kier molecular flexibility index (Phi) is 2.59. The first kappa shape index (κ1) is 9.75. The molecule has 1 aliphatic heterocycles. The SMILES string of the molecule is C=C(CC)C1CCC(C)(C)N1N. The fraction of sp³-hybridized carbons (Fsp3) is 0.800. The molecule has 0 radical (unpaired) electrons. The van der Waals surface area contributed by atoms with Crippen LogP contribution in [0.1, 0.15) is 40.0 Å². The van der Waals surface area contributed by atoms with Gasteiger partial charge in [-0.25, -0.2) is 5.01 Å². The average Bonchev–Trinajstić information content (AvgIpc) is 2.27. The van der Waals surface area contributed by atoms with E-state index in [4.69, 9.17) is 5.84 Å². The third kappa shape index (κ3) is 1.54. The molecule has 0 spiro atoms. The van der Waals surface area contributed by atoms with Gasteiger partial charge in [-0.05, 0) is 33.1 Å². The third-order valence-electron chi connectivity index (χ3n) is 2.99. The van der Waals surface area contributed by atoms with Crippen LogP contribution in [-0.4, -0.2) is 16.6 Å². The molecule has 2 nitrogen and oxygen atoms in total. The van der Waals surface area contributed by atoms with E-state index in [1.54, 1.807) is 0 Å². The van der Waals surface area contributed by atoms with Crippen molar-refractivity contribution in [2.45, 2.75) is 51.6 Å². The molecule has 0 aliphatic carbocycles. The molecule has 0 saturated carbocycles. The minimum atomic E-state index is 0.156. The van der Waals surface area contributed by atoms with Crippen molar-refractivity contribution >= 4 is 0 Å². The minimum absolute atomic E-state index is 0.156. The van der Waals surface area contributed by atoms with E-state index in [0.717, 1.165) is 12.8 Å². The smallest absolute Gasteiger partial charge is 0.0454 e. The maximum atomic E-state index is 6.01. The second kappa shape index (κ2) is 3.19. The van der Waals surface area contributed by atoms with Crippen molar-refractivity contribution < 1.29 is 0 Å². The summed E-state index contributed by atoms with van der Waals surface area (Å²) in [6.45, 7) is 10.6. The van der Waals surface area contributed by atoms with Crippen LogP contribution in [0, 0.1) is 0 Å². The zero-order chi connectivity index (χ0) is 9.35. The Balaban J connectivity index is 2.67. The van der Waals surface area contributed by atoms with Crippen LogP contribution < -0.4 is 5.84 Å². The quantitative estimate of drug-likeness (QED) is 0.505. The normalized spacial score (nSPS) is 29.2. The molecular weight excluding hydrogens is 148 g/mol. The predicted octanol–water partition coefficient (Wildman–Crippen LogP) is 2.07. The van der Waals surface area contributed by atoms with Crippen LogP contribution in [0.3, 0.4) is 0 Å². The Bertz CT molecular complexity index is 184. The van der Waals surface area contributed by atoms with Crippen molar-refractivity contribution in [3.05, 3.63) is 12.2 Å². The highest BCUT2D eigenvalue weighted by atomic mass is 15.5. The predicted molar refractivity (Wildman–Crippen MR) is 52.6 cm³/mol.